The summed E-state index contributed by atoms with van der Waals surface area (Å²) in [6, 6.07) is 4.22. The summed E-state index contributed by atoms with van der Waals surface area (Å²) in [4.78, 5) is 13.4. The van der Waals surface area contributed by atoms with Gasteiger partial charge in [-0.05, 0) is 37.1 Å². The number of amides is 1. The average molecular weight is 360 g/mol. The van der Waals surface area contributed by atoms with Gasteiger partial charge in [-0.1, -0.05) is 6.07 Å². The third kappa shape index (κ3) is 3.93. The van der Waals surface area contributed by atoms with Crippen LogP contribution in [0.25, 0.3) is 0 Å². The van der Waals surface area contributed by atoms with Gasteiger partial charge < -0.3 is 14.6 Å². The van der Waals surface area contributed by atoms with Gasteiger partial charge in [0.2, 0.25) is 5.91 Å². The number of rotatable bonds is 4. The number of aromatic nitrogens is 3. The Kier molecular flexibility index (Phi) is 5.12. The molecule has 1 atom stereocenters. The van der Waals surface area contributed by atoms with Crippen molar-refractivity contribution in [3.8, 4) is 0 Å². The number of thiophene rings is 1. The largest absolute Gasteiger partial charge is 0.381 e. The van der Waals surface area contributed by atoms with Gasteiger partial charge in [-0.2, -0.15) is 0 Å². The highest BCUT2D eigenvalue weighted by Crippen LogP contribution is 2.27. The SMILES string of the molecule is O=C(Cc1cccs1)NC1CCc2nnc(C3CCOCC3)n2CC1. The molecule has 2 aliphatic rings. The molecule has 1 fully saturated rings. The van der Waals surface area contributed by atoms with Crippen LogP contribution >= 0.6 is 11.3 Å². The van der Waals surface area contributed by atoms with Gasteiger partial charge >= 0.3 is 0 Å². The molecule has 134 valence electrons. The van der Waals surface area contributed by atoms with Gasteiger partial charge in [0, 0.05) is 43.0 Å². The first-order chi connectivity index (χ1) is 12.3. The maximum absolute atomic E-state index is 12.3. The second-order valence-electron chi connectivity index (χ2n) is 6.86. The lowest BCUT2D eigenvalue weighted by Crippen LogP contribution is -2.36. The highest BCUT2D eigenvalue weighted by Gasteiger charge is 2.26. The van der Waals surface area contributed by atoms with Gasteiger partial charge in [0.1, 0.15) is 11.6 Å². The molecule has 4 heterocycles. The van der Waals surface area contributed by atoms with E-state index >= 15 is 0 Å². The Morgan fingerprint density at radius 1 is 1.28 bits per heavy atom. The Hall–Kier alpha value is -1.73. The number of carbonyl (C=O) groups is 1. The van der Waals surface area contributed by atoms with E-state index in [0.717, 1.165) is 68.4 Å². The van der Waals surface area contributed by atoms with Crippen molar-refractivity contribution in [3.05, 3.63) is 34.0 Å². The molecule has 7 heteroatoms. The quantitative estimate of drug-likeness (QED) is 0.908. The summed E-state index contributed by atoms with van der Waals surface area (Å²) in [5, 5.41) is 14.1. The van der Waals surface area contributed by atoms with Gasteiger partial charge in [-0.15, -0.1) is 21.5 Å². The van der Waals surface area contributed by atoms with Gasteiger partial charge in [0.25, 0.3) is 0 Å². The third-order valence-corrected chi connectivity index (χ3v) is 6.02. The molecule has 0 aromatic carbocycles. The zero-order valence-corrected chi connectivity index (χ0v) is 15.1. The first-order valence-electron chi connectivity index (χ1n) is 9.11. The first-order valence-corrected chi connectivity index (χ1v) is 9.99. The average Bonchev–Trinajstić information content (AvgIpc) is 3.23. The smallest absolute Gasteiger partial charge is 0.225 e. The molecule has 0 saturated carbocycles. The van der Waals surface area contributed by atoms with E-state index in [4.69, 9.17) is 4.74 Å². The van der Waals surface area contributed by atoms with Crippen LogP contribution in [0.4, 0.5) is 0 Å². The minimum absolute atomic E-state index is 0.120. The number of hydrogen-bond acceptors (Lipinski definition) is 5. The molecule has 0 radical (unpaired) electrons. The van der Waals surface area contributed by atoms with E-state index in [1.807, 2.05) is 17.5 Å². The maximum Gasteiger partial charge on any atom is 0.225 e. The van der Waals surface area contributed by atoms with E-state index in [9.17, 15) is 4.79 Å². The van der Waals surface area contributed by atoms with E-state index in [2.05, 4.69) is 20.1 Å². The van der Waals surface area contributed by atoms with Crippen molar-refractivity contribution >= 4 is 17.2 Å². The fourth-order valence-corrected chi connectivity index (χ4v) is 4.47. The molecular formula is C18H24N4O2S. The van der Waals surface area contributed by atoms with E-state index in [1.165, 1.54) is 0 Å². The van der Waals surface area contributed by atoms with E-state index in [1.54, 1.807) is 11.3 Å². The normalized spacial score (nSPS) is 21.5. The Morgan fingerprint density at radius 3 is 2.96 bits per heavy atom. The number of nitrogens with zero attached hydrogens (tertiary/aromatic N) is 3. The number of carbonyl (C=O) groups excluding carboxylic acids is 1. The summed E-state index contributed by atoms with van der Waals surface area (Å²) in [6.07, 6.45) is 5.28. The third-order valence-electron chi connectivity index (χ3n) is 5.14. The van der Waals surface area contributed by atoms with E-state index in [0.29, 0.717) is 12.3 Å². The molecule has 25 heavy (non-hydrogen) atoms. The van der Waals surface area contributed by atoms with Crippen LogP contribution in [0.2, 0.25) is 0 Å². The lowest BCUT2D eigenvalue weighted by Gasteiger charge is -2.22. The monoisotopic (exact) mass is 360 g/mol. The second-order valence-corrected chi connectivity index (χ2v) is 7.89. The zero-order chi connectivity index (χ0) is 17.1. The van der Waals surface area contributed by atoms with Crippen LogP contribution in [-0.2, 0) is 28.9 Å². The Bertz CT molecular complexity index is 707. The fraction of sp³-hybridized carbons (Fsp3) is 0.611. The van der Waals surface area contributed by atoms with Crippen molar-refractivity contribution in [3.63, 3.8) is 0 Å². The van der Waals surface area contributed by atoms with Crippen molar-refractivity contribution in [2.75, 3.05) is 13.2 Å². The molecule has 2 aromatic rings. The molecule has 2 aromatic heterocycles. The maximum atomic E-state index is 12.3. The van der Waals surface area contributed by atoms with Gasteiger partial charge in [-0.3, -0.25) is 4.79 Å². The van der Waals surface area contributed by atoms with Crippen LogP contribution in [0.1, 0.15) is 48.1 Å². The molecule has 1 amide bonds. The van der Waals surface area contributed by atoms with Crippen molar-refractivity contribution in [2.24, 2.45) is 0 Å². The minimum atomic E-state index is 0.120. The van der Waals surface area contributed by atoms with E-state index < -0.39 is 0 Å². The molecule has 4 rings (SSSR count). The lowest BCUT2D eigenvalue weighted by atomic mass is 9.99. The lowest BCUT2D eigenvalue weighted by molar-refractivity contribution is -0.121. The van der Waals surface area contributed by atoms with Crippen LogP contribution < -0.4 is 5.32 Å². The van der Waals surface area contributed by atoms with Crippen LogP contribution in [-0.4, -0.2) is 39.9 Å². The van der Waals surface area contributed by atoms with Crippen molar-refractivity contribution in [2.45, 2.75) is 57.0 Å². The molecule has 0 bridgehead atoms. The molecule has 6 nitrogen and oxygen atoms in total. The van der Waals surface area contributed by atoms with Gasteiger partial charge in [0.05, 0.1) is 6.42 Å². The molecular weight excluding hydrogens is 336 g/mol. The first kappa shape index (κ1) is 16.7. The van der Waals surface area contributed by atoms with Crippen LogP contribution in [0.15, 0.2) is 17.5 Å². The fourth-order valence-electron chi connectivity index (χ4n) is 3.76. The molecule has 2 aliphatic heterocycles. The van der Waals surface area contributed by atoms with Crippen molar-refractivity contribution < 1.29 is 9.53 Å². The highest BCUT2D eigenvalue weighted by atomic mass is 32.1. The van der Waals surface area contributed by atoms with Crippen molar-refractivity contribution in [1.29, 1.82) is 0 Å². The molecule has 1 N–H and O–H groups in total. The second kappa shape index (κ2) is 7.66. The highest BCUT2D eigenvalue weighted by molar-refractivity contribution is 7.10. The summed E-state index contributed by atoms with van der Waals surface area (Å²) in [5.74, 6) is 2.76. The standard InChI is InChI=1S/C18H24N4O2S/c23-17(12-15-2-1-11-25-15)19-14-3-4-16-20-21-18(22(16)8-5-14)13-6-9-24-10-7-13/h1-2,11,13-14H,3-10,12H2,(H,19,23). The van der Waals surface area contributed by atoms with E-state index in [-0.39, 0.29) is 11.9 Å². The summed E-state index contributed by atoms with van der Waals surface area (Å²) in [6.45, 7) is 2.52. The summed E-state index contributed by atoms with van der Waals surface area (Å²) in [7, 11) is 0. The Morgan fingerprint density at radius 2 is 2.16 bits per heavy atom. The molecule has 0 spiro atoms. The molecule has 1 saturated heterocycles. The Balaban J connectivity index is 1.37. The zero-order valence-electron chi connectivity index (χ0n) is 14.3. The number of ether oxygens (including phenoxy) is 1. The Labute approximate surface area is 151 Å². The summed E-state index contributed by atoms with van der Waals surface area (Å²) in [5.41, 5.74) is 0. The predicted molar refractivity (Wildman–Crippen MR) is 95.7 cm³/mol. The molecule has 0 aliphatic carbocycles. The van der Waals surface area contributed by atoms with Crippen molar-refractivity contribution in [1.82, 2.24) is 20.1 Å². The number of aryl methyl sites for hydroxylation is 1. The minimum Gasteiger partial charge on any atom is -0.381 e. The van der Waals surface area contributed by atoms with Crippen LogP contribution in [0.5, 0.6) is 0 Å². The van der Waals surface area contributed by atoms with Gasteiger partial charge in [0.15, 0.2) is 0 Å². The van der Waals surface area contributed by atoms with Gasteiger partial charge in [-0.25, -0.2) is 0 Å². The summed E-state index contributed by atoms with van der Waals surface area (Å²) >= 11 is 1.63. The number of nitrogens with one attached hydrogen (secondary N) is 1. The predicted octanol–water partition coefficient (Wildman–Crippen LogP) is 2.30. The molecule has 1 unspecified atom stereocenters. The van der Waals surface area contributed by atoms with Crippen LogP contribution in [0, 0.1) is 0 Å². The number of hydrogen-bond donors (Lipinski definition) is 1. The van der Waals surface area contributed by atoms with Crippen LogP contribution in [0.3, 0.4) is 0 Å². The number of fused-ring (bicyclic) bond motifs is 1. The topological polar surface area (TPSA) is 69.0 Å². The summed E-state index contributed by atoms with van der Waals surface area (Å²) < 4.78 is 7.76.